The van der Waals surface area contributed by atoms with Crippen LogP contribution in [0.15, 0.2) is 81.3 Å². The van der Waals surface area contributed by atoms with Crippen LogP contribution in [-0.4, -0.2) is 32.7 Å². The fourth-order valence-electron chi connectivity index (χ4n) is 4.36. The second kappa shape index (κ2) is 11.1. The number of hydrogen-bond donors (Lipinski definition) is 2. The smallest absolute Gasteiger partial charge is 0.271 e. The lowest BCUT2D eigenvalue weighted by atomic mass is 9.98. The normalized spacial score (nSPS) is 11.4. The Labute approximate surface area is 220 Å². The van der Waals surface area contributed by atoms with Crippen molar-refractivity contribution in [1.29, 1.82) is 0 Å². The summed E-state index contributed by atoms with van der Waals surface area (Å²) in [5.41, 5.74) is 1.28. The number of halogens is 1. The molecule has 0 spiro atoms. The van der Waals surface area contributed by atoms with Crippen LogP contribution in [0, 0.1) is 5.82 Å². The monoisotopic (exact) mass is 537 g/mol. The average Bonchev–Trinajstić information content (AvgIpc) is 2.91. The van der Waals surface area contributed by atoms with E-state index in [-0.39, 0.29) is 16.3 Å². The Morgan fingerprint density at radius 3 is 1.95 bits per heavy atom. The highest BCUT2D eigenvalue weighted by atomic mass is 32.2. The Morgan fingerprint density at radius 2 is 1.42 bits per heavy atom. The van der Waals surface area contributed by atoms with Crippen LogP contribution in [0.3, 0.4) is 0 Å². The van der Waals surface area contributed by atoms with Gasteiger partial charge in [0.05, 0.1) is 30.2 Å². The van der Waals surface area contributed by atoms with Crippen molar-refractivity contribution in [3.05, 3.63) is 88.6 Å². The molecule has 0 aliphatic carbocycles. The van der Waals surface area contributed by atoms with Gasteiger partial charge in [0.1, 0.15) is 23.1 Å². The van der Waals surface area contributed by atoms with E-state index >= 15 is 0 Å². The highest BCUT2D eigenvalue weighted by molar-refractivity contribution is 7.91. The third-order valence-corrected chi connectivity index (χ3v) is 8.10. The molecule has 4 rings (SSSR count). The molecule has 0 bridgehead atoms. The van der Waals surface area contributed by atoms with E-state index in [2.05, 4.69) is 4.98 Å². The van der Waals surface area contributed by atoms with Crippen LogP contribution in [0.1, 0.15) is 25.5 Å². The van der Waals surface area contributed by atoms with Gasteiger partial charge in [0.15, 0.2) is 4.90 Å². The Hall–Kier alpha value is -4.11. The van der Waals surface area contributed by atoms with Crippen LogP contribution in [0.2, 0.25) is 0 Å². The number of aryl methyl sites for hydroxylation is 1. The van der Waals surface area contributed by atoms with Crippen LogP contribution < -0.4 is 15.0 Å². The molecule has 2 N–H and O–H groups in total. The van der Waals surface area contributed by atoms with Crippen molar-refractivity contribution in [2.24, 2.45) is 0 Å². The number of rotatable bonds is 9. The number of pyridine rings is 1. The summed E-state index contributed by atoms with van der Waals surface area (Å²) in [6.45, 7) is 1.98. The van der Waals surface area contributed by atoms with Gasteiger partial charge in [-0.15, -0.1) is 0 Å². The maximum Gasteiger partial charge on any atom is 0.271 e. The summed E-state index contributed by atoms with van der Waals surface area (Å²) in [5, 5.41) is 11.5. The lowest BCUT2D eigenvalue weighted by Gasteiger charge is -2.19. The first-order chi connectivity index (χ1) is 18.2. The van der Waals surface area contributed by atoms with E-state index < -0.39 is 26.0 Å². The van der Waals surface area contributed by atoms with E-state index in [4.69, 9.17) is 9.47 Å². The first kappa shape index (κ1) is 26.9. The Morgan fingerprint density at radius 1 is 0.868 bits per heavy atom. The fraction of sp³-hybridized carbons (Fsp3) is 0.207. The van der Waals surface area contributed by atoms with Gasteiger partial charge in [-0.3, -0.25) is 4.79 Å². The largest absolute Gasteiger partial charge is 0.506 e. The first-order valence-electron chi connectivity index (χ1n) is 12.0. The summed E-state index contributed by atoms with van der Waals surface area (Å²) in [6.07, 6.45) is 1.89. The van der Waals surface area contributed by atoms with Gasteiger partial charge in [0, 0.05) is 5.69 Å². The van der Waals surface area contributed by atoms with Crippen molar-refractivity contribution < 1.29 is 27.4 Å². The second-order valence-electron chi connectivity index (χ2n) is 8.66. The number of H-pyrrole nitrogens is 1. The molecule has 0 atom stereocenters. The number of aromatic amines is 1. The summed E-state index contributed by atoms with van der Waals surface area (Å²) in [7, 11) is -1.55. The molecule has 1 heterocycles. The average molecular weight is 538 g/mol. The zero-order chi connectivity index (χ0) is 27.4. The third-order valence-electron chi connectivity index (χ3n) is 6.29. The Balaban J connectivity index is 1.92. The summed E-state index contributed by atoms with van der Waals surface area (Å²) in [5.74, 6) is -0.370. The van der Waals surface area contributed by atoms with Gasteiger partial charge in [-0.1, -0.05) is 43.7 Å². The predicted octanol–water partition coefficient (Wildman–Crippen LogP) is 5.75. The van der Waals surface area contributed by atoms with Crippen molar-refractivity contribution in [2.45, 2.75) is 36.0 Å². The molecule has 38 heavy (non-hydrogen) atoms. The summed E-state index contributed by atoms with van der Waals surface area (Å²) in [4.78, 5) is 14.9. The van der Waals surface area contributed by atoms with Gasteiger partial charge < -0.3 is 19.6 Å². The van der Waals surface area contributed by atoms with E-state index in [0.717, 1.165) is 6.42 Å². The molecule has 0 saturated carbocycles. The standard InChI is InChI=1S/C29H28FNO6S/c1-4-5-7-22-25(26-23(36-2)8-6-9-24(26)37-3)27(32)28(29(33)31-22)38(34,35)21-16-12-19(13-17-21)18-10-14-20(30)15-11-18/h6,8-17H,4-5,7H2,1-3H3,(H2,31,32,33). The molecule has 3 aromatic carbocycles. The van der Waals surface area contributed by atoms with Crippen LogP contribution in [-0.2, 0) is 16.3 Å². The fourth-order valence-corrected chi connectivity index (χ4v) is 5.75. The van der Waals surface area contributed by atoms with E-state index in [1.165, 1.54) is 38.5 Å². The van der Waals surface area contributed by atoms with Crippen molar-refractivity contribution in [3.63, 3.8) is 0 Å². The van der Waals surface area contributed by atoms with Crippen LogP contribution >= 0.6 is 0 Å². The summed E-state index contributed by atoms with van der Waals surface area (Å²) < 4.78 is 51.7. The maximum absolute atomic E-state index is 13.7. The molecule has 1 aromatic heterocycles. The number of sulfone groups is 1. The van der Waals surface area contributed by atoms with Gasteiger partial charge in [-0.2, -0.15) is 0 Å². The highest BCUT2D eigenvalue weighted by Gasteiger charge is 2.31. The van der Waals surface area contributed by atoms with Crippen molar-refractivity contribution in [2.75, 3.05) is 14.2 Å². The minimum Gasteiger partial charge on any atom is -0.506 e. The lowest BCUT2D eigenvalue weighted by Crippen LogP contribution is -2.21. The molecule has 0 aliphatic heterocycles. The molecule has 7 nitrogen and oxygen atoms in total. The molecule has 9 heteroatoms. The number of nitrogens with one attached hydrogen (secondary N) is 1. The molecular weight excluding hydrogens is 509 g/mol. The molecule has 0 unspecified atom stereocenters. The molecule has 0 aliphatic rings. The molecule has 0 saturated heterocycles. The maximum atomic E-state index is 13.7. The van der Waals surface area contributed by atoms with Gasteiger partial charge in [0.2, 0.25) is 9.84 Å². The van der Waals surface area contributed by atoms with Crippen LogP contribution in [0.5, 0.6) is 17.2 Å². The number of hydrogen-bond acceptors (Lipinski definition) is 6. The SMILES string of the molecule is CCCCc1[nH]c(=O)c(S(=O)(=O)c2ccc(-c3ccc(F)cc3)cc2)c(O)c1-c1c(OC)cccc1OC. The van der Waals surface area contributed by atoms with Gasteiger partial charge in [0.25, 0.3) is 5.56 Å². The predicted molar refractivity (Wildman–Crippen MR) is 143 cm³/mol. The minimum absolute atomic E-state index is 0.133. The summed E-state index contributed by atoms with van der Waals surface area (Å²) >= 11 is 0. The van der Waals surface area contributed by atoms with E-state index in [1.807, 2.05) is 6.92 Å². The number of methoxy groups -OCH3 is 2. The summed E-state index contributed by atoms with van der Waals surface area (Å²) in [6, 6.07) is 16.6. The Kier molecular flexibility index (Phi) is 7.87. The van der Waals surface area contributed by atoms with E-state index in [9.17, 15) is 22.7 Å². The minimum atomic E-state index is -4.45. The quantitative estimate of drug-likeness (QED) is 0.282. The number of unbranched alkanes of at least 4 members (excludes halogenated alkanes) is 1. The van der Waals surface area contributed by atoms with Gasteiger partial charge in [-0.25, -0.2) is 12.8 Å². The molecular formula is C29H28FNO6S. The second-order valence-corrected chi connectivity index (χ2v) is 10.5. The van der Waals surface area contributed by atoms with Gasteiger partial charge >= 0.3 is 0 Å². The number of aromatic nitrogens is 1. The number of aromatic hydroxyl groups is 1. The number of ether oxygens (including phenoxy) is 2. The first-order valence-corrected chi connectivity index (χ1v) is 13.5. The van der Waals surface area contributed by atoms with E-state index in [1.54, 1.807) is 42.5 Å². The van der Waals surface area contributed by atoms with Crippen molar-refractivity contribution >= 4 is 9.84 Å². The van der Waals surface area contributed by atoms with Crippen LogP contribution in [0.25, 0.3) is 22.3 Å². The molecule has 198 valence electrons. The number of benzene rings is 3. The molecule has 0 fully saturated rings. The lowest BCUT2D eigenvalue weighted by molar-refractivity contribution is 0.395. The Bertz CT molecular complexity index is 1590. The van der Waals surface area contributed by atoms with Crippen LogP contribution in [0.4, 0.5) is 4.39 Å². The molecule has 0 amide bonds. The highest BCUT2D eigenvalue weighted by Crippen LogP contribution is 2.46. The third kappa shape index (κ3) is 5.02. The van der Waals surface area contributed by atoms with Crippen molar-refractivity contribution in [3.8, 4) is 39.5 Å². The molecule has 0 radical (unpaired) electrons. The zero-order valence-electron chi connectivity index (χ0n) is 21.2. The zero-order valence-corrected chi connectivity index (χ0v) is 22.1. The van der Waals surface area contributed by atoms with Crippen molar-refractivity contribution in [1.82, 2.24) is 4.98 Å². The van der Waals surface area contributed by atoms with Gasteiger partial charge in [-0.05, 0) is 60.4 Å². The molecule has 4 aromatic rings. The van der Waals surface area contributed by atoms with E-state index in [0.29, 0.717) is 46.7 Å². The topological polar surface area (TPSA) is 106 Å².